The van der Waals surface area contributed by atoms with Crippen molar-refractivity contribution < 1.29 is 14.7 Å². The summed E-state index contributed by atoms with van der Waals surface area (Å²) in [7, 11) is 0. The van der Waals surface area contributed by atoms with Crippen LogP contribution in [0.3, 0.4) is 0 Å². The molecule has 3 nitrogen and oxygen atoms in total. The second-order valence-electron chi connectivity index (χ2n) is 4.33. The van der Waals surface area contributed by atoms with E-state index in [1.54, 1.807) is 23.6 Å². The molecule has 0 saturated heterocycles. The maximum absolute atomic E-state index is 11.5. The van der Waals surface area contributed by atoms with Crippen molar-refractivity contribution >= 4 is 34.4 Å². The normalized spacial score (nSPS) is 10.6. The zero-order valence-electron chi connectivity index (χ0n) is 10.4. The van der Waals surface area contributed by atoms with Gasteiger partial charge in [0.25, 0.3) is 0 Å². The third-order valence-corrected chi connectivity index (χ3v) is 4.07. The molecule has 0 fully saturated rings. The number of fused-ring (bicyclic) bond motifs is 1. The molecule has 1 aromatic heterocycles. The highest BCUT2D eigenvalue weighted by molar-refractivity contribution is 7.12. The van der Waals surface area contributed by atoms with E-state index in [-0.39, 0.29) is 5.56 Å². The summed E-state index contributed by atoms with van der Waals surface area (Å²) < 4.78 is 0. The van der Waals surface area contributed by atoms with Gasteiger partial charge in [-0.05, 0) is 28.3 Å². The Morgan fingerprint density at radius 2 is 1.90 bits per heavy atom. The molecule has 0 unspecified atom stereocenters. The molecule has 1 heterocycles. The largest absolute Gasteiger partial charge is 0.478 e. The first kappa shape index (κ1) is 12.6. The molecule has 2 aromatic carbocycles. The van der Waals surface area contributed by atoms with Gasteiger partial charge in [-0.1, -0.05) is 30.3 Å². The Morgan fingerprint density at radius 3 is 2.65 bits per heavy atom. The fourth-order valence-electron chi connectivity index (χ4n) is 2.36. The summed E-state index contributed by atoms with van der Waals surface area (Å²) in [5.74, 6) is -0.992. The number of aldehydes is 1. The molecule has 0 bridgehead atoms. The molecule has 1 N–H and O–H groups in total. The standard InChI is InChI=1S/C16H10O3S/c17-9-14-12(7-8-20-14)15-11-4-2-1-3-10(11)5-6-13(15)16(18)19/h1-9H,(H,18,19). The summed E-state index contributed by atoms with van der Waals surface area (Å²) in [5, 5.41) is 13.0. The van der Waals surface area contributed by atoms with Crippen LogP contribution in [-0.2, 0) is 0 Å². The number of carboxylic acid groups (broad SMARTS) is 1. The van der Waals surface area contributed by atoms with E-state index < -0.39 is 5.97 Å². The Balaban J connectivity index is 2.45. The van der Waals surface area contributed by atoms with Crippen LogP contribution in [0.4, 0.5) is 0 Å². The summed E-state index contributed by atoms with van der Waals surface area (Å²) in [6, 6.07) is 12.7. The average molecular weight is 282 g/mol. The van der Waals surface area contributed by atoms with Crippen LogP contribution in [0.2, 0.25) is 0 Å². The predicted molar refractivity (Wildman–Crippen MR) is 79.6 cm³/mol. The number of rotatable bonds is 3. The molecule has 3 aromatic rings. The highest BCUT2D eigenvalue weighted by Gasteiger charge is 2.18. The number of thiophene rings is 1. The minimum atomic E-state index is -0.992. The SMILES string of the molecule is O=Cc1sccc1-c1c(C(=O)O)ccc2ccccc12. The average Bonchev–Trinajstić information content (AvgIpc) is 2.93. The van der Waals surface area contributed by atoms with Crippen LogP contribution in [-0.4, -0.2) is 17.4 Å². The first-order valence-electron chi connectivity index (χ1n) is 6.00. The van der Waals surface area contributed by atoms with Gasteiger partial charge in [0.2, 0.25) is 0 Å². The summed E-state index contributed by atoms with van der Waals surface area (Å²) in [6.07, 6.45) is 0.771. The Morgan fingerprint density at radius 1 is 1.10 bits per heavy atom. The lowest BCUT2D eigenvalue weighted by atomic mass is 9.93. The van der Waals surface area contributed by atoms with Gasteiger partial charge in [0.05, 0.1) is 10.4 Å². The molecule has 98 valence electrons. The molecule has 0 aliphatic heterocycles. The van der Waals surface area contributed by atoms with Gasteiger partial charge in [0.15, 0.2) is 6.29 Å². The second kappa shape index (κ2) is 4.90. The maximum atomic E-state index is 11.5. The highest BCUT2D eigenvalue weighted by Crippen LogP contribution is 2.36. The lowest BCUT2D eigenvalue weighted by Gasteiger charge is -2.10. The van der Waals surface area contributed by atoms with Crippen LogP contribution in [0.15, 0.2) is 47.8 Å². The zero-order chi connectivity index (χ0) is 14.1. The highest BCUT2D eigenvalue weighted by atomic mass is 32.1. The number of carbonyl (C=O) groups is 2. The molecule has 3 rings (SSSR count). The predicted octanol–water partition coefficient (Wildman–Crippen LogP) is 4.08. The molecule has 0 amide bonds. The van der Waals surface area contributed by atoms with E-state index >= 15 is 0 Å². The van der Waals surface area contributed by atoms with Gasteiger partial charge >= 0.3 is 5.97 Å². The van der Waals surface area contributed by atoms with E-state index in [0.29, 0.717) is 16.0 Å². The Labute approximate surface area is 119 Å². The topological polar surface area (TPSA) is 54.4 Å². The van der Waals surface area contributed by atoms with Gasteiger partial charge in [0, 0.05) is 11.1 Å². The fraction of sp³-hybridized carbons (Fsp3) is 0. The maximum Gasteiger partial charge on any atom is 0.336 e. The molecular weight excluding hydrogens is 272 g/mol. The summed E-state index contributed by atoms with van der Waals surface area (Å²) in [5.41, 5.74) is 1.50. The summed E-state index contributed by atoms with van der Waals surface area (Å²) in [6.45, 7) is 0. The van der Waals surface area contributed by atoms with Crippen molar-refractivity contribution in [3.05, 3.63) is 58.3 Å². The summed E-state index contributed by atoms with van der Waals surface area (Å²) in [4.78, 5) is 23.2. The molecule has 0 spiro atoms. The molecule has 0 aliphatic rings. The number of benzene rings is 2. The van der Waals surface area contributed by atoms with Crippen LogP contribution >= 0.6 is 11.3 Å². The van der Waals surface area contributed by atoms with Gasteiger partial charge in [0.1, 0.15) is 0 Å². The first-order chi connectivity index (χ1) is 9.72. The summed E-state index contributed by atoms with van der Waals surface area (Å²) >= 11 is 1.31. The van der Waals surface area contributed by atoms with E-state index in [4.69, 9.17) is 0 Å². The molecule has 0 atom stereocenters. The minimum absolute atomic E-state index is 0.213. The zero-order valence-corrected chi connectivity index (χ0v) is 11.2. The lowest BCUT2D eigenvalue weighted by molar-refractivity contribution is 0.0697. The van der Waals surface area contributed by atoms with Crippen molar-refractivity contribution in [3.8, 4) is 11.1 Å². The Kier molecular flexibility index (Phi) is 3.08. The van der Waals surface area contributed by atoms with Crippen molar-refractivity contribution in [1.29, 1.82) is 0 Å². The molecule has 0 radical (unpaired) electrons. The van der Waals surface area contributed by atoms with Crippen molar-refractivity contribution in [2.45, 2.75) is 0 Å². The van der Waals surface area contributed by atoms with E-state index in [1.807, 2.05) is 24.3 Å². The van der Waals surface area contributed by atoms with Gasteiger partial charge in [-0.2, -0.15) is 0 Å². The quantitative estimate of drug-likeness (QED) is 0.736. The van der Waals surface area contributed by atoms with E-state index in [2.05, 4.69) is 0 Å². The van der Waals surface area contributed by atoms with E-state index in [0.717, 1.165) is 17.1 Å². The lowest BCUT2D eigenvalue weighted by Crippen LogP contribution is -2.00. The molecule has 0 aliphatic carbocycles. The van der Waals surface area contributed by atoms with Crippen molar-refractivity contribution in [3.63, 3.8) is 0 Å². The minimum Gasteiger partial charge on any atom is -0.478 e. The van der Waals surface area contributed by atoms with Crippen LogP contribution in [0, 0.1) is 0 Å². The van der Waals surface area contributed by atoms with Crippen LogP contribution in [0.1, 0.15) is 20.0 Å². The fourth-order valence-corrected chi connectivity index (χ4v) is 3.06. The van der Waals surface area contributed by atoms with Crippen LogP contribution < -0.4 is 0 Å². The Bertz CT molecular complexity index is 817. The first-order valence-corrected chi connectivity index (χ1v) is 6.88. The van der Waals surface area contributed by atoms with Gasteiger partial charge in [-0.3, -0.25) is 4.79 Å². The van der Waals surface area contributed by atoms with Crippen LogP contribution in [0.5, 0.6) is 0 Å². The van der Waals surface area contributed by atoms with Gasteiger partial charge < -0.3 is 5.11 Å². The van der Waals surface area contributed by atoms with Crippen molar-refractivity contribution in [2.75, 3.05) is 0 Å². The second-order valence-corrected chi connectivity index (χ2v) is 5.28. The monoisotopic (exact) mass is 282 g/mol. The molecule has 0 saturated carbocycles. The molecular formula is C16H10O3S. The van der Waals surface area contributed by atoms with E-state index in [1.165, 1.54) is 11.3 Å². The smallest absolute Gasteiger partial charge is 0.336 e. The number of aromatic carboxylic acids is 1. The number of carboxylic acids is 1. The third-order valence-electron chi connectivity index (χ3n) is 3.23. The number of carbonyl (C=O) groups excluding carboxylic acids is 1. The number of hydrogen-bond donors (Lipinski definition) is 1. The Hall–Kier alpha value is -2.46. The van der Waals surface area contributed by atoms with Crippen molar-refractivity contribution in [2.24, 2.45) is 0 Å². The van der Waals surface area contributed by atoms with Gasteiger partial charge in [-0.15, -0.1) is 11.3 Å². The molecule has 20 heavy (non-hydrogen) atoms. The third kappa shape index (κ3) is 1.90. The number of hydrogen-bond acceptors (Lipinski definition) is 3. The van der Waals surface area contributed by atoms with Crippen LogP contribution in [0.25, 0.3) is 21.9 Å². The van der Waals surface area contributed by atoms with E-state index in [9.17, 15) is 14.7 Å². The van der Waals surface area contributed by atoms with Gasteiger partial charge in [-0.25, -0.2) is 4.79 Å². The molecule has 4 heteroatoms. The van der Waals surface area contributed by atoms with Crippen molar-refractivity contribution in [1.82, 2.24) is 0 Å².